The smallest absolute Gasteiger partial charge is 0.257 e. The number of ether oxygens (including phenoxy) is 1. The summed E-state index contributed by atoms with van der Waals surface area (Å²) in [6, 6.07) is 5.57. The molecule has 0 aromatic carbocycles. The van der Waals surface area contributed by atoms with Crippen LogP contribution in [0.2, 0.25) is 0 Å². The van der Waals surface area contributed by atoms with Gasteiger partial charge in [0.05, 0.1) is 29.9 Å². The molecule has 25 heavy (non-hydrogen) atoms. The second kappa shape index (κ2) is 4.80. The Balaban J connectivity index is 1.50. The van der Waals surface area contributed by atoms with Crippen LogP contribution in [0.4, 0.5) is 0 Å². The third-order valence-corrected chi connectivity index (χ3v) is 7.92. The van der Waals surface area contributed by atoms with Crippen molar-refractivity contribution in [2.75, 3.05) is 26.7 Å². The number of likely N-dealkylation sites (tertiary alicyclic amines) is 1. The summed E-state index contributed by atoms with van der Waals surface area (Å²) in [4.78, 5) is 14.8. The second-order valence-electron chi connectivity index (χ2n) is 7.10. The van der Waals surface area contributed by atoms with Gasteiger partial charge in [-0.3, -0.25) is 4.79 Å². The standard InChI is InChI=1S/C16H18N4O4S/c1-18-9-16-10-19(8-11(24-16)6-14(16)25(18,22)23)15(21)12-7-17-20-5-3-2-4-13(12)20/h2-5,7,11,14H,6,8-10H2,1H3/t11-,14+,16?/m1/s1. The third kappa shape index (κ3) is 1.97. The lowest BCUT2D eigenvalue weighted by Crippen LogP contribution is -2.56. The molecule has 1 amide bonds. The average Bonchev–Trinajstić information content (AvgIpc) is 3.17. The number of sulfonamides is 1. The van der Waals surface area contributed by atoms with Gasteiger partial charge in [0.2, 0.25) is 10.0 Å². The van der Waals surface area contributed by atoms with E-state index < -0.39 is 20.9 Å². The Morgan fingerprint density at radius 3 is 3.04 bits per heavy atom. The van der Waals surface area contributed by atoms with Gasteiger partial charge in [0.25, 0.3) is 5.91 Å². The Bertz CT molecular complexity index is 987. The maximum Gasteiger partial charge on any atom is 0.257 e. The monoisotopic (exact) mass is 362 g/mol. The first-order valence-corrected chi connectivity index (χ1v) is 9.76. The normalized spacial score (nSPS) is 33.7. The molecule has 0 N–H and O–H groups in total. The van der Waals surface area contributed by atoms with Gasteiger partial charge in [0.15, 0.2) is 0 Å². The number of likely N-dealkylation sites (N-methyl/N-ethyl adjacent to an activating group) is 1. The lowest BCUT2D eigenvalue weighted by Gasteiger charge is -2.39. The molecule has 2 bridgehead atoms. The number of rotatable bonds is 1. The number of hydrogen-bond donors (Lipinski definition) is 0. The van der Waals surface area contributed by atoms with Crippen LogP contribution in [0.15, 0.2) is 30.6 Å². The molecule has 132 valence electrons. The molecule has 2 aromatic rings. The largest absolute Gasteiger partial charge is 0.365 e. The van der Waals surface area contributed by atoms with E-state index in [9.17, 15) is 13.2 Å². The van der Waals surface area contributed by atoms with Crippen molar-refractivity contribution in [3.05, 3.63) is 36.2 Å². The molecule has 0 radical (unpaired) electrons. The molecule has 5 rings (SSSR count). The highest BCUT2D eigenvalue weighted by atomic mass is 32.2. The highest BCUT2D eigenvalue weighted by Gasteiger charge is 2.64. The number of carbonyl (C=O) groups excluding carboxylic acids is 1. The Morgan fingerprint density at radius 1 is 1.36 bits per heavy atom. The minimum absolute atomic E-state index is 0.124. The van der Waals surface area contributed by atoms with Crippen LogP contribution in [0.1, 0.15) is 16.8 Å². The summed E-state index contributed by atoms with van der Waals surface area (Å²) in [5.74, 6) is -0.124. The summed E-state index contributed by atoms with van der Waals surface area (Å²) in [5, 5.41) is 3.66. The van der Waals surface area contributed by atoms with E-state index >= 15 is 0 Å². The fourth-order valence-electron chi connectivity index (χ4n) is 4.48. The molecule has 1 unspecified atom stereocenters. The molecule has 3 aliphatic rings. The molecule has 3 saturated heterocycles. The molecule has 9 heteroatoms. The summed E-state index contributed by atoms with van der Waals surface area (Å²) >= 11 is 0. The number of amides is 1. The molecule has 3 fully saturated rings. The van der Waals surface area contributed by atoms with Gasteiger partial charge in [-0.1, -0.05) is 6.07 Å². The van der Waals surface area contributed by atoms with E-state index in [1.165, 1.54) is 4.31 Å². The van der Waals surface area contributed by atoms with Crippen LogP contribution < -0.4 is 0 Å². The number of aromatic nitrogens is 2. The molecule has 0 aliphatic carbocycles. The molecule has 3 atom stereocenters. The van der Waals surface area contributed by atoms with Gasteiger partial charge in [0, 0.05) is 26.3 Å². The molecule has 5 heterocycles. The fourth-order valence-corrected chi connectivity index (χ4v) is 6.52. The maximum absolute atomic E-state index is 13.1. The van der Waals surface area contributed by atoms with Crippen molar-refractivity contribution in [3.8, 4) is 0 Å². The first kappa shape index (κ1) is 15.3. The zero-order valence-electron chi connectivity index (χ0n) is 13.7. The highest BCUT2D eigenvalue weighted by molar-refractivity contribution is 7.90. The van der Waals surface area contributed by atoms with E-state index in [-0.39, 0.29) is 12.0 Å². The Kier molecular flexibility index (Phi) is 2.94. The molecule has 2 aromatic heterocycles. The van der Waals surface area contributed by atoms with Crippen molar-refractivity contribution in [2.45, 2.75) is 23.4 Å². The lowest BCUT2D eigenvalue weighted by molar-refractivity contribution is -0.0966. The van der Waals surface area contributed by atoms with Gasteiger partial charge < -0.3 is 9.64 Å². The minimum Gasteiger partial charge on any atom is -0.365 e. The zero-order valence-corrected chi connectivity index (χ0v) is 14.5. The topological polar surface area (TPSA) is 84.2 Å². The zero-order chi connectivity index (χ0) is 17.4. The predicted octanol–water partition coefficient (Wildman–Crippen LogP) is -0.0384. The summed E-state index contributed by atoms with van der Waals surface area (Å²) in [5.41, 5.74) is 0.468. The van der Waals surface area contributed by atoms with Crippen molar-refractivity contribution in [1.82, 2.24) is 18.8 Å². The first-order chi connectivity index (χ1) is 11.9. The van der Waals surface area contributed by atoms with Gasteiger partial charge in [-0.05, 0) is 18.6 Å². The summed E-state index contributed by atoms with van der Waals surface area (Å²) in [6.45, 7) is 1.01. The maximum atomic E-state index is 13.1. The van der Waals surface area contributed by atoms with Crippen LogP contribution in [-0.4, -0.2) is 76.8 Å². The molecular weight excluding hydrogens is 344 g/mol. The van der Waals surface area contributed by atoms with Crippen molar-refractivity contribution in [2.24, 2.45) is 0 Å². The minimum atomic E-state index is -3.35. The van der Waals surface area contributed by atoms with E-state index in [2.05, 4.69) is 5.10 Å². The van der Waals surface area contributed by atoms with Crippen LogP contribution in [0.3, 0.4) is 0 Å². The molecular formula is C16H18N4O4S. The van der Waals surface area contributed by atoms with E-state index in [0.717, 1.165) is 5.52 Å². The van der Waals surface area contributed by atoms with Crippen molar-refractivity contribution < 1.29 is 17.9 Å². The quantitative estimate of drug-likeness (QED) is 0.711. The van der Waals surface area contributed by atoms with Crippen molar-refractivity contribution in [1.29, 1.82) is 0 Å². The van der Waals surface area contributed by atoms with E-state index in [1.54, 1.807) is 28.9 Å². The van der Waals surface area contributed by atoms with Gasteiger partial charge in [-0.15, -0.1) is 0 Å². The summed E-state index contributed by atoms with van der Waals surface area (Å²) in [7, 11) is -1.77. The number of fused-ring (bicyclic) bond motifs is 2. The Hall–Kier alpha value is -1.97. The van der Waals surface area contributed by atoms with Gasteiger partial charge in [-0.2, -0.15) is 5.10 Å². The molecule has 0 saturated carbocycles. The van der Waals surface area contributed by atoms with Crippen molar-refractivity contribution in [3.63, 3.8) is 0 Å². The first-order valence-electron chi connectivity index (χ1n) is 8.25. The predicted molar refractivity (Wildman–Crippen MR) is 88.7 cm³/mol. The third-order valence-electron chi connectivity index (χ3n) is 5.58. The summed E-state index contributed by atoms with van der Waals surface area (Å²) in [6.07, 6.45) is 3.59. The van der Waals surface area contributed by atoms with Crippen molar-refractivity contribution >= 4 is 21.4 Å². The number of morpholine rings is 1. The fraction of sp³-hybridized carbons (Fsp3) is 0.500. The van der Waals surface area contributed by atoms with Gasteiger partial charge in [-0.25, -0.2) is 17.2 Å². The number of pyridine rings is 1. The van der Waals surface area contributed by atoms with Crippen LogP contribution in [0.5, 0.6) is 0 Å². The van der Waals surface area contributed by atoms with Gasteiger partial charge in [0.1, 0.15) is 10.9 Å². The lowest BCUT2D eigenvalue weighted by atomic mass is 9.99. The SMILES string of the molecule is CN1CC23CN(C(=O)c4cnn5ccccc45)C[C@@H](C[C@@H]2S1(=O)=O)O3. The molecule has 1 spiro atoms. The number of hydrogen-bond acceptors (Lipinski definition) is 5. The number of carbonyl (C=O) groups is 1. The van der Waals surface area contributed by atoms with E-state index in [4.69, 9.17) is 4.74 Å². The molecule has 8 nitrogen and oxygen atoms in total. The second-order valence-corrected chi connectivity index (χ2v) is 9.33. The van der Waals surface area contributed by atoms with Crippen LogP contribution >= 0.6 is 0 Å². The highest BCUT2D eigenvalue weighted by Crippen LogP contribution is 2.46. The van der Waals surface area contributed by atoms with Crippen LogP contribution in [0, 0.1) is 0 Å². The number of nitrogens with zero attached hydrogens (tertiary/aromatic N) is 4. The van der Waals surface area contributed by atoms with E-state index in [0.29, 0.717) is 31.6 Å². The van der Waals surface area contributed by atoms with Gasteiger partial charge >= 0.3 is 0 Å². The van der Waals surface area contributed by atoms with E-state index in [1.807, 2.05) is 18.2 Å². The van der Waals surface area contributed by atoms with Crippen LogP contribution in [-0.2, 0) is 14.8 Å². The Labute approximate surface area is 145 Å². The Morgan fingerprint density at radius 2 is 2.20 bits per heavy atom. The average molecular weight is 362 g/mol. The summed E-state index contributed by atoms with van der Waals surface area (Å²) < 4.78 is 34.1. The molecule has 3 aliphatic heterocycles. The van der Waals surface area contributed by atoms with Crippen LogP contribution in [0.25, 0.3) is 5.52 Å².